The molecular weight excluding hydrogens is 404 g/mol. The Bertz CT molecular complexity index is 1060. The van der Waals surface area contributed by atoms with Crippen LogP contribution < -0.4 is 5.32 Å². The Balaban J connectivity index is 1.49. The third-order valence-corrected chi connectivity index (χ3v) is 5.51. The first-order chi connectivity index (χ1) is 14.5. The van der Waals surface area contributed by atoms with Crippen LogP contribution >= 0.6 is 11.6 Å². The Hall–Kier alpha value is -3.38. The Kier molecular flexibility index (Phi) is 5.68. The molecule has 1 aliphatic rings. The zero-order valence-electron chi connectivity index (χ0n) is 15.9. The van der Waals surface area contributed by atoms with Crippen LogP contribution in [-0.4, -0.2) is 28.8 Å². The summed E-state index contributed by atoms with van der Waals surface area (Å²) in [6.07, 6.45) is 1.88. The predicted octanol–water partition coefficient (Wildman–Crippen LogP) is 4.79. The summed E-state index contributed by atoms with van der Waals surface area (Å²) in [5.41, 5.74) is 4.95. The van der Waals surface area contributed by atoms with Crippen molar-refractivity contribution in [3.63, 3.8) is 0 Å². The summed E-state index contributed by atoms with van der Waals surface area (Å²) < 4.78 is 5.51. The van der Waals surface area contributed by atoms with Crippen LogP contribution in [-0.2, 0) is 9.53 Å². The van der Waals surface area contributed by atoms with Crippen molar-refractivity contribution in [2.24, 2.45) is 0 Å². The molecule has 1 aromatic heterocycles. The minimum atomic E-state index is -1.06. The van der Waals surface area contributed by atoms with Gasteiger partial charge in [0.1, 0.15) is 6.61 Å². The fourth-order valence-electron chi connectivity index (χ4n) is 3.86. The number of alkyl carbamates (subject to hydrolysis) is 1. The number of benzene rings is 2. The lowest BCUT2D eigenvalue weighted by Gasteiger charge is -2.20. The van der Waals surface area contributed by atoms with E-state index in [1.165, 1.54) is 12.4 Å². The van der Waals surface area contributed by atoms with E-state index < -0.39 is 18.1 Å². The van der Waals surface area contributed by atoms with Gasteiger partial charge in [-0.05, 0) is 33.9 Å². The van der Waals surface area contributed by atoms with E-state index in [1.54, 1.807) is 6.07 Å². The highest BCUT2D eigenvalue weighted by atomic mass is 35.5. The average Bonchev–Trinajstić information content (AvgIpc) is 3.06. The standard InChI is InChI=1S/C23H19ClN2O4/c24-20-12-25-10-9-18(20)21(11-22(27)28)26-23(29)30-13-19-16-7-3-1-5-14(16)15-6-2-4-8-17(15)19/h1-10,12,19,21H,11,13H2,(H,26,29)(H,27,28)/t21-/m0/s1. The van der Waals surface area contributed by atoms with Gasteiger partial charge in [0, 0.05) is 18.3 Å². The molecule has 1 amide bonds. The minimum absolute atomic E-state index is 0.0782. The third kappa shape index (κ3) is 4.00. The van der Waals surface area contributed by atoms with Gasteiger partial charge in [-0.2, -0.15) is 0 Å². The normalized spacial score (nSPS) is 13.2. The van der Waals surface area contributed by atoms with E-state index in [-0.39, 0.29) is 24.0 Å². The Labute approximate surface area is 178 Å². The molecule has 7 heteroatoms. The zero-order valence-corrected chi connectivity index (χ0v) is 16.7. The number of carbonyl (C=O) groups is 2. The molecule has 0 unspecified atom stereocenters. The minimum Gasteiger partial charge on any atom is -0.481 e. The fourth-order valence-corrected chi connectivity index (χ4v) is 4.12. The first-order valence-electron chi connectivity index (χ1n) is 9.47. The number of pyridine rings is 1. The molecule has 0 radical (unpaired) electrons. The van der Waals surface area contributed by atoms with Gasteiger partial charge in [0.15, 0.2) is 0 Å². The van der Waals surface area contributed by atoms with E-state index in [0.717, 1.165) is 22.3 Å². The second-order valence-electron chi connectivity index (χ2n) is 7.02. The van der Waals surface area contributed by atoms with Crippen LogP contribution in [0.3, 0.4) is 0 Å². The molecule has 0 spiro atoms. The molecule has 3 aromatic rings. The van der Waals surface area contributed by atoms with Crippen molar-refractivity contribution >= 4 is 23.7 Å². The number of hydrogen-bond acceptors (Lipinski definition) is 4. The van der Waals surface area contributed by atoms with Crippen molar-refractivity contribution in [3.8, 4) is 11.1 Å². The number of aliphatic carboxylic acids is 1. The van der Waals surface area contributed by atoms with E-state index in [4.69, 9.17) is 16.3 Å². The number of nitrogens with zero attached hydrogens (tertiary/aromatic N) is 1. The number of carboxylic acids is 1. The predicted molar refractivity (Wildman–Crippen MR) is 112 cm³/mol. The number of amides is 1. The first-order valence-corrected chi connectivity index (χ1v) is 9.85. The van der Waals surface area contributed by atoms with E-state index >= 15 is 0 Å². The molecule has 6 nitrogen and oxygen atoms in total. The lowest BCUT2D eigenvalue weighted by molar-refractivity contribution is -0.137. The van der Waals surface area contributed by atoms with Gasteiger partial charge in [0.2, 0.25) is 0 Å². The number of ether oxygens (including phenoxy) is 1. The van der Waals surface area contributed by atoms with Crippen LogP contribution in [0, 0.1) is 0 Å². The molecule has 0 aliphatic heterocycles. The molecule has 152 valence electrons. The summed E-state index contributed by atoms with van der Waals surface area (Å²) >= 11 is 6.13. The van der Waals surface area contributed by atoms with Gasteiger partial charge in [-0.15, -0.1) is 0 Å². The quantitative estimate of drug-likeness (QED) is 0.596. The summed E-state index contributed by atoms with van der Waals surface area (Å²) in [6.45, 7) is 0.143. The molecule has 1 heterocycles. The van der Waals surface area contributed by atoms with Gasteiger partial charge >= 0.3 is 12.1 Å². The molecule has 2 aromatic carbocycles. The number of carbonyl (C=O) groups excluding carboxylic acids is 1. The SMILES string of the molecule is O=C(O)C[C@H](NC(=O)OCC1c2ccccc2-c2ccccc21)c1ccncc1Cl. The van der Waals surface area contributed by atoms with E-state index in [2.05, 4.69) is 22.4 Å². The average molecular weight is 423 g/mol. The van der Waals surface area contributed by atoms with Crippen LogP contribution in [0.5, 0.6) is 0 Å². The lowest BCUT2D eigenvalue weighted by Crippen LogP contribution is -2.32. The lowest BCUT2D eigenvalue weighted by atomic mass is 9.98. The highest BCUT2D eigenvalue weighted by Gasteiger charge is 2.29. The van der Waals surface area contributed by atoms with Crippen molar-refractivity contribution in [1.29, 1.82) is 0 Å². The van der Waals surface area contributed by atoms with E-state index in [9.17, 15) is 14.7 Å². The van der Waals surface area contributed by atoms with Gasteiger partial charge in [0.05, 0.1) is 17.5 Å². The highest BCUT2D eigenvalue weighted by Crippen LogP contribution is 2.44. The topological polar surface area (TPSA) is 88.5 Å². The van der Waals surface area contributed by atoms with Crippen molar-refractivity contribution in [1.82, 2.24) is 10.3 Å². The van der Waals surface area contributed by atoms with Gasteiger partial charge in [-0.3, -0.25) is 9.78 Å². The Morgan fingerprint density at radius 2 is 1.70 bits per heavy atom. The van der Waals surface area contributed by atoms with Crippen molar-refractivity contribution in [2.75, 3.05) is 6.61 Å². The van der Waals surface area contributed by atoms with Crippen LogP contribution in [0.25, 0.3) is 11.1 Å². The number of nitrogens with one attached hydrogen (secondary N) is 1. The van der Waals surface area contributed by atoms with Gasteiger partial charge < -0.3 is 15.2 Å². The van der Waals surface area contributed by atoms with Crippen molar-refractivity contribution < 1.29 is 19.4 Å². The Morgan fingerprint density at radius 1 is 1.07 bits per heavy atom. The summed E-state index contributed by atoms with van der Waals surface area (Å²) in [6, 6.07) is 16.8. The largest absolute Gasteiger partial charge is 0.481 e. The van der Waals surface area contributed by atoms with Gasteiger partial charge in [-0.25, -0.2) is 4.79 Å². The molecule has 0 saturated heterocycles. The molecular formula is C23H19ClN2O4. The summed E-state index contributed by atoms with van der Waals surface area (Å²) in [7, 11) is 0. The molecule has 0 fully saturated rings. The molecule has 30 heavy (non-hydrogen) atoms. The first kappa shape index (κ1) is 19.9. The molecule has 0 saturated carbocycles. The maximum atomic E-state index is 12.5. The van der Waals surface area contributed by atoms with Crippen LogP contribution in [0.2, 0.25) is 5.02 Å². The zero-order chi connectivity index (χ0) is 21.1. The number of aromatic nitrogens is 1. The van der Waals surface area contributed by atoms with Crippen LogP contribution in [0.4, 0.5) is 4.79 Å². The number of rotatable bonds is 6. The van der Waals surface area contributed by atoms with Crippen LogP contribution in [0.15, 0.2) is 67.0 Å². The van der Waals surface area contributed by atoms with E-state index in [1.807, 2.05) is 36.4 Å². The fraction of sp³-hybridized carbons (Fsp3) is 0.174. The highest BCUT2D eigenvalue weighted by molar-refractivity contribution is 6.31. The van der Waals surface area contributed by atoms with Crippen LogP contribution in [0.1, 0.15) is 35.1 Å². The third-order valence-electron chi connectivity index (χ3n) is 5.19. The number of hydrogen-bond donors (Lipinski definition) is 2. The maximum absolute atomic E-state index is 12.5. The molecule has 1 atom stereocenters. The second kappa shape index (κ2) is 8.55. The summed E-state index contributed by atoms with van der Waals surface area (Å²) in [5, 5.41) is 12.1. The number of fused-ring (bicyclic) bond motifs is 3. The number of halogens is 1. The summed E-state index contributed by atoms with van der Waals surface area (Å²) in [4.78, 5) is 27.7. The second-order valence-corrected chi connectivity index (χ2v) is 7.42. The van der Waals surface area contributed by atoms with Gasteiger partial charge in [-0.1, -0.05) is 60.1 Å². The maximum Gasteiger partial charge on any atom is 0.407 e. The number of carboxylic acid groups (broad SMARTS) is 1. The van der Waals surface area contributed by atoms with Crippen molar-refractivity contribution in [2.45, 2.75) is 18.4 Å². The molecule has 2 N–H and O–H groups in total. The monoisotopic (exact) mass is 422 g/mol. The molecule has 1 aliphatic carbocycles. The van der Waals surface area contributed by atoms with Crippen molar-refractivity contribution in [3.05, 3.63) is 88.7 Å². The smallest absolute Gasteiger partial charge is 0.407 e. The molecule has 4 rings (SSSR count). The Morgan fingerprint density at radius 3 is 2.30 bits per heavy atom. The van der Waals surface area contributed by atoms with Gasteiger partial charge in [0.25, 0.3) is 0 Å². The van der Waals surface area contributed by atoms with E-state index in [0.29, 0.717) is 5.56 Å². The molecule has 0 bridgehead atoms. The summed E-state index contributed by atoms with van der Waals surface area (Å²) in [5.74, 6) is -1.14.